The standard InChI is InChI=1S/C18H11BrFN3OS2/c19-11-8-9(20)3-5-12(11)22-17(24)16-15(21)10-4-6-13(23-18(10)26-16)14-2-1-7-25-14/h1-8H,21H2,(H,22,24)/p+1. The number of aromatic amines is 1. The first-order valence-electron chi connectivity index (χ1n) is 7.57. The van der Waals surface area contributed by atoms with Gasteiger partial charge >= 0.3 is 0 Å². The summed E-state index contributed by atoms with van der Waals surface area (Å²) in [7, 11) is 0. The summed E-state index contributed by atoms with van der Waals surface area (Å²) in [5, 5.41) is 5.58. The number of nitrogens with two attached hydrogens (primary N) is 1. The molecular weight excluding hydrogens is 437 g/mol. The molecule has 4 rings (SSSR count). The maximum atomic E-state index is 13.2. The molecule has 0 bridgehead atoms. The fourth-order valence-corrected chi connectivity index (χ4v) is 4.73. The monoisotopic (exact) mass is 448 g/mol. The van der Waals surface area contributed by atoms with Gasteiger partial charge in [0.25, 0.3) is 10.7 Å². The van der Waals surface area contributed by atoms with Crippen molar-refractivity contribution in [1.29, 1.82) is 0 Å². The highest BCUT2D eigenvalue weighted by molar-refractivity contribution is 9.10. The molecule has 4 aromatic rings. The van der Waals surface area contributed by atoms with Crippen LogP contribution in [0.3, 0.4) is 0 Å². The van der Waals surface area contributed by atoms with Gasteiger partial charge in [-0.3, -0.25) is 4.79 Å². The van der Waals surface area contributed by atoms with Gasteiger partial charge in [-0.25, -0.2) is 4.39 Å². The molecular formula is C18H12BrFN3OS2+. The molecule has 8 heteroatoms. The van der Waals surface area contributed by atoms with Crippen molar-refractivity contribution in [2.75, 3.05) is 11.1 Å². The quantitative estimate of drug-likeness (QED) is 0.453. The summed E-state index contributed by atoms with van der Waals surface area (Å²) in [5.74, 6) is -0.714. The molecule has 26 heavy (non-hydrogen) atoms. The van der Waals surface area contributed by atoms with Crippen LogP contribution >= 0.6 is 38.6 Å². The summed E-state index contributed by atoms with van der Waals surface area (Å²) in [6.07, 6.45) is 0. The Morgan fingerprint density at radius 2 is 2.08 bits per heavy atom. The van der Waals surface area contributed by atoms with Crippen LogP contribution in [0.5, 0.6) is 0 Å². The van der Waals surface area contributed by atoms with Crippen molar-refractivity contribution >= 4 is 66.1 Å². The Kier molecular flexibility index (Phi) is 4.47. The van der Waals surface area contributed by atoms with E-state index in [4.69, 9.17) is 5.73 Å². The minimum Gasteiger partial charge on any atom is -0.397 e. The molecule has 0 aliphatic rings. The van der Waals surface area contributed by atoms with Crippen molar-refractivity contribution < 1.29 is 14.2 Å². The summed E-state index contributed by atoms with van der Waals surface area (Å²) < 4.78 is 13.7. The molecule has 0 fully saturated rings. The summed E-state index contributed by atoms with van der Waals surface area (Å²) in [6, 6.07) is 12.0. The van der Waals surface area contributed by atoms with Crippen LogP contribution in [0.1, 0.15) is 9.67 Å². The highest BCUT2D eigenvalue weighted by Gasteiger charge is 2.22. The van der Waals surface area contributed by atoms with Crippen molar-refractivity contribution in [1.82, 2.24) is 0 Å². The zero-order valence-corrected chi connectivity index (χ0v) is 16.4. The number of carbonyl (C=O) groups is 1. The highest BCUT2D eigenvalue weighted by atomic mass is 79.9. The molecule has 0 aliphatic heterocycles. The van der Waals surface area contributed by atoms with Gasteiger partial charge in [0.1, 0.15) is 10.7 Å². The molecule has 0 aliphatic carbocycles. The van der Waals surface area contributed by atoms with Crippen LogP contribution in [0.2, 0.25) is 0 Å². The largest absolute Gasteiger partial charge is 0.397 e. The Balaban J connectivity index is 1.69. The average molecular weight is 449 g/mol. The second-order valence-corrected chi connectivity index (χ2v) is 8.34. The van der Waals surface area contributed by atoms with Crippen LogP contribution < -0.4 is 16.0 Å². The number of amides is 1. The molecule has 0 spiro atoms. The van der Waals surface area contributed by atoms with Gasteiger partial charge in [0, 0.05) is 10.5 Å². The first-order valence-corrected chi connectivity index (χ1v) is 10.1. The molecule has 0 radical (unpaired) electrons. The normalized spacial score (nSPS) is 11.0. The van der Waals surface area contributed by atoms with E-state index in [2.05, 4.69) is 26.2 Å². The predicted octanol–water partition coefficient (Wildman–Crippen LogP) is 5.18. The molecule has 130 valence electrons. The molecule has 0 atom stereocenters. The SMILES string of the molecule is Nc1c(C(=O)Nc2ccc(F)cc2Br)sc2[nH+]c(-c3cccs3)ccc12. The number of rotatable bonds is 3. The van der Waals surface area contributed by atoms with Gasteiger partial charge in [-0.05, 0) is 51.6 Å². The molecule has 0 unspecified atom stereocenters. The minimum atomic E-state index is -0.382. The lowest BCUT2D eigenvalue weighted by Crippen LogP contribution is -2.12. The van der Waals surface area contributed by atoms with Crippen molar-refractivity contribution in [3.05, 3.63) is 63.0 Å². The zero-order valence-electron chi connectivity index (χ0n) is 13.2. The lowest BCUT2D eigenvalue weighted by atomic mass is 10.2. The number of nitrogen functional groups attached to an aromatic ring is 1. The third-order valence-electron chi connectivity index (χ3n) is 3.82. The number of nitrogens with one attached hydrogen (secondary N) is 2. The average Bonchev–Trinajstić information content (AvgIpc) is 3.25. The maximum absolute atomic E-state index is 13.2. The van der Waals surface area contributed by atoms with Gasteiger partial charge in [0.15, 0.2) is 0 Å². The van der Waals surface area contributed by atoms with Crippen LogP contribution in [0.4, 0.5) is 15.8 Å². The minimum absolute atomic E-state index is 0.331. The van der Waals surface area contributed by atoms with Gasteiger partial charge in [-0.15, -0.1) is 11.3 Å². The molecule has 3 aromatic heterocycles. The Morgan fingerprint density at radius 1 is 1.23 bits per heavy atom. The molecule has 1 aromatic carbocycles. The van der Waals surface area contributed by atoms with Crippen LogP contribution in [0.15, 0.2) is 52.3 Å². The van der Waals surface area contributed by atoms with E-state index in [1.54, 1.807) is 11.3 Å². The third-order valence-corrected chi connectivity index (χ3v) is 6.52. The Hall–Kier alpha value is -2.29. The number of halogens is 2. The molecule has 4 N–H and O–H groups in total. The van der Waals surface area contributed by atoms with E-state index < -0.39 is 0 Å². The Labute approximate surface area is 164 Å². The van der Waals surface area contributed by atoms with Gasteiger partial charge in [-0.1, -0.05) is 17.4 Å². The smallest absolute Gasteiger partial charge is 0.270 e. The summed E-state index contributed by atoms with van der Waals surface area (Å²) in [5.41, 5.74) is 8.07. The first kappa shape index (κ1) is 17.1. The molecule has 1 amide bonds. The summed E-state index contributed by atoms with van der Waals surface area (Å²) >= 11 is 6.17. The van der Waals surface area contributed by atoms with Crippen molar-refractivity contribution in [2.45, 2.75) is 0 Å². The van der Waals surface area contributed by atoms with Crippen LogP contribution in [0, 0.1) is 5.82 Å². The second kappa shape index (κ2) is 6.79. The number of hydrogen-bond donors (Lipinski definition) is 2. The fourth-order valence-electron chi connectivity index (χ4n) is 2.56. The van der Waals surface area contributed by atoms with E-state index in [0.717, 1.165) is 20.8 Å². The molecule has 0 saturated carbocycles. The number of benzene rings is 1. The number of fused-ring (bicyclic) bond motifs is 1. The zero-order chi connectivity index (χ0) is 18.3. The number of thiophene rings is 2. The van der Waals surface area contributed by atoms with Crippen molar-refractivity contribution in [2.24, 2.45) is 0 Å². The van der Waals surface area contributed by atoms with Gasteiger partial charge in [-0.2, -0.15) is 4.98 Å². The van der Waals surface area contributed by atoms with Crippen LogP contribution in [0.25, 0.3) is 20.8 Å². The van der Waals surface area contributed by atoms with E-state index in [0.29, 0.717) is 20.7 Å². The van der Waals surface area contributed by atoms with E-state index in [-0.39, 0.29) is 11.7 Å². The third kappa shape index (κ3) is 3.11. The second-order valence-electron chi connectivity index (χ2n) is 5.52. The fraction of sp³-hybridized carbons (Fsp3) is 0. The Bertz CT molecular complexity index is 1130. The van der Waals surface area contributed by atoms with Gasteiger partial charge < -0.3 is 11.1 Å². The van der Waals surface area contributed by atoms with Crippen molar-refractivity contribution in [3.63, 3.8) is 0 Å². The van der Waals surface area contributed by atoms with Crippen LogP contribution in [-0.2, 0) is 0 Å². The lowest BCUT2D eigenvalue weighted by molar-refractivity contribution is -0.327. The summed E-state index contributed by atoms with van der Waals surface area (Å²) in [4.78, 5) is 18.3. The first-order chi connectivity index (χ1) is 12.5. The van der Waals surface area contributed by atoms with E-state index in [1.165, 1.54) is 29.5 Å². The molecule has 3 heterocycles. The predicted molar refractivity (Wildman–Crippen MR) is 108 cm³/mol. The molecule has 0 saturated heterocycles. The highest BCUT2D eigenvalue weighted by Crippen LogP contribution is 2.34. The summed E-state index contributed by atoms with van der Waals surface area (Å²) in [6.45, 7) is 0. The topological polar surface area (TPSA) is 69.3 Å². The van der Waals surface area contributed by atoms with E-state index in [9.17, 15) is 9.18 Å². The lowest BCUT2D eigenvalue weighted by Gasteiger charge is -2.06. The Morgan fingerprint density at radius 3 is 2.81 bits per heavy atom. The van der Waals surface area contributed by atoms with Gasteiger partial charge in [0.2, 0.25) is 5.69 Å². The maximum Gasteiger partial charge on any atom is 0.270 e. The van der Waals surface area contributed by atoms with Gasteiger partial charge in [0.05, 0.1) is 21.6 Å². The van der Waals surface area contributed by atoms with E-state index >= 15 is 0 Å². The number of carbonyl (C=O) groups excluding carboxylic acids is 1. The number of anilines is 2. The number of aromatic nitrogens is 1. The number of pyridine rings is 1. The van der Waals surface area contributed by atoms with Crippen LogP contribution in [-0.4, -0.2) is 5.91 Å². The number of hydrogen-bond acceptors (Lipinski definition) is 4. The number of H-pyrrole nitrogens is 1. The van der Waals surface area contributed by atoms with E-state index in [1.807, 2.05) is 29.6 Å². The van der Waals surface area contributed by atoms with Crippen molar-refractivity contribution in [3.8, 4) is 10.6 Å². The molecule has 4 nitrogen and oxygen atoms in total.